The Labute approximate surface area is 190 Å². The molecule has 2 aliphatic heterocycles. The first kappa shape index (κ1) is 12.1. The number of benzene rings is 1. The SMILES string of the molecule is [2H]C([2H])([2H])C([2H])([2H])C([2H])([2H])C([2H])([2H])Oc1nc(N)c2c(n1)N(Cc1ccc(CN3CCCC3)cc1)CC(=O)N2. The highest BCUT2D eigenvalue weighted by Gasteiger charge is 2.27. The van der Waals surface area contributed by atoms with Gasteiger partial charge in [0.1, 0.15) is 5.69 Å². The molecule has 4 rings (SSSR count). The highest BCUT2D eigenvalue weighted by Crippen LogP contribution is 2.34. The largest absolute Gasteiger partial charge is 0.463 e. The van der Waals surface area contributed by atoms with Gasteiger partial charge in [0.25, 0.3) is 0 Å². The summed E-state index contributed by atoms with van der Waals surface area (Å²) in [6, 6.07) is 7.14. The van der Waals surface area contributed by atoms with Gasteiger partial charge in [0.2, 0.25) is 5.91 Å². The molecule has 0 atom stereocenters. The summed E-state index contributed by atoms with van der Waals surface area (Å²) in [4.78, 5) is 24.3. The van der Waals surface area contributed by atoms with Gasteiger partial charge in [-0.15, -0.1) is 0 Å². The third kappa shape index (κ3) is 4.81. The highest BCUT2D eigenvalue weighted by molar-refractivity contribution is 6.03. The molecule has 8 nitrogen and oxygen atoms in total. The molecule has 1 aromatic heterocycles. The van der Waals surface area contributed by atoms with Crippen molar-refractivity contribution in [1.29, 1.82) is 0 Å². The average Bonchev–Trinajstić information content (AvgIpc) is 3.33. The molecular formula is C22H30N6O2. The highest BCUT2D eigenvalue weighted by atomic mass is 16.5. The van der Waals surface area contributed by atoms with Gasteiger partial charge in [-0.25, -0.2) is 0 Å². The number of anilines is 3. The van der Waals surface area contributed by atoms with Crippen LogP contribution in [0.15, 0.2) is 24.3 Å². The fraction of sp³-hybridized carbons (Fsp3) is 0.500. The summed E-state index contributed by atoms with van der Waals surface area (Å²) < 4.78 is 74.5. The third-order valence-corrected chi connectivity index (χ3v) is 5.05. The van der Waals surface area contributed by atoms with Crippen LogP contribution in [0.4, 0.5) is 17.3 Å². The van der Waals surface area contributed by atoms with Crippen LogP contribution in [0.3, 0.4) is 0 Å². The van der Waals surface area contributed by atoms with Crippen LogP contribution in [0.5, 0.6) is 6.01 Å². The standard InChI is InChI=1S/C22H30N6O2/c1-2-3-12-30-22-25-20(23)19-21(26-22)28(15-18(29)24-19)14-17-8-6-16(7-9-17)13-27-10-4-5-11-27/h6-9H,2-5,10-15H2,1H3,(H,24,29)(H2,23,25,26)/i1D3,2D2,3D2,12D2. The molecule has 0 spiro atoms. The molecule has 30 heavy (non-hydrogen) atoms. The van der Waals surface area contributed by atoms with Crippen molar-refractivity contribution in [3.05, 3.63) is 35.4 Å². The molecule has 1 aromatic carbocycles. The van der Waals surface area contributed by atoms with Crippen molar-refractivity contribution in [3.8, 4) is 6.01 Å². The first-order valence-corrected chi connectivity index (χ1v) is 9.73. The molecule has 2 aromatic rings. The lowest BCUT2D eigenvalue weighted by molar-refractivity contribution is -0.115. The smallest absolute Gasteiger partial charge is 0.320 e. The van der Waals surface area contributed by atoms with Crippen molar-refractivity contribution in [3.63, 3.8) is 0 Å². The van der Waals surface area contributed by atoms with E-state index in [0.717, 1.165) is 30.8 Å². The van der Waals surface area contributed by atoms with Gasteiger partial charge in [0, 0.05) is 22.7 Å². The molecule has 0 bridgehead atoms. The Morgan fingerprint density at radius 2 is 1.93 bits per heavy atom. The second-order valence-electron chi connectivity index (χ2n) is 7.25. The molecule has 1 saturated heterocycles. The lowest BCUT2D eigenvalue weighted by Crippen LogP contribution is -2.39. The minimum Gasteiger partial charge on any atom is -0.463 e. The van der Waals surface area contributed by atoms with Crippen LogP contribution in [0, 0.1) is 0 Å². The number of aromatic nitrogens is 2. The number of nitrogens with zero attached hydrogens (tertiary/aromatic N) is 4. The van der Waals surface area contributed by atoms with E-state index in [1.165, 1.54) is 12.8 Å². The minimum absolute atomic E-state index is 0.0608. The van der Waals surface area contributed by atoms with Gasteiger partial charge >= 0.3 is 6.01 Å². The summed E-state index contributed by atoms with van der Waals surface area (Å²) >= 11 is 0. The van der Waals surface area contributed by atoms with Crippen molar-refractivity contribution in [2.45, 2.75) is 45.5 Å². The monoisotopic (exact) mass is 419 g/mol. The van der Waals surface area contributed by atoms with Crippen LogP contribution in [0.2, 0.25) is 0 Å². The lowest BCUT2D eigenvalue weighted by atomic mass is 10.1. The van der Waals surface area contributed by atoms with Crippen molar-refractivity contribution in [2.75, 3.05) is 42.1 Å². The summed E-state index contributed by atoms with van der Waals surface area (Å²) in [6.45, 7) is -3.88. The number of rotatable bonds is 8. The van der Waals surface area contributed by atoms with Crippen LogP contribution in [-0.4, -0.2) is 47.0 Å². The maximum absolute atomic E-state index is 12.4. The van der Waals surface area contributed by atoms with Gasteiger partial charge in [0.15, 0.2) is 11.6 Å². The maximum atomic E-state index is 12.4. The number of hydrogen-bond donors (Lipinski definition) is 2. The fourth-order valence-corrected chi connectivity index (χ4v) is 3.66. The van der Waals surface area contributed by atoms with Crippen LogP contribution in [-0.2, 0) is 17.9 Å². The van der Waals surface area contributed by atoms with Crippen LogP contribution in [0.25, 0.3) is 0 Å². The van der Waals surface area contributed by atoms with Crippen molar-refractivity contribution in [1.82, 2.24) is 14.9 Å². The van der Waals surface area contributed by atoms with Gasteiger partial charge in [-0.2, -0.15) is 9.97 Å². The number of amides is 1. The Balaban J connectivity index is 1.58. The number of fused-ring (bicyclic) bond motifs is 1. The number of likely N-dealkylation sites (tertiary alicyclic amines) is 1. The maximum Gasteiger partial charge on any atom is 0.320 e. The Morgan fingerprint density at radius 3 is 2.67 bits per heavy atom. The molecule has 1 amide bonds. The normalized spacial score (nSPS) is 22.7. The topological polar surface area (TPSA) is 96.6 Å². The van der Waals surface area contributed by atoms with Crippen LogP contribution >= 0.6 is 0 Å². The number of carbonyl (C=O) groups is 1. The zero-order valence-electron chi connectivity index (χ0n) is 25.4. The number of nitrogens with one attached hydrogen (secondary N) is 1. The van der Waals surface area contributed by atoms with Gasteiger partial charge < -0.3 is 20.7 Å². The molecular weight excluding hydrogens is 380 g/mol. The molecule has 1 fully saturated rings. The zero-order valence-corrected chi connectivity index (χ0v) is 16.4. The Kier molecular flexibility index (Phi) is 3.75. The molecule has 8 heteroatoms. The molecule has 3 heterocycles. The van der Waals surface area contributed by atoms with Crippen molar-refractivity contribution in [2.24, 2.45) is 0 Å². The first-order chi connectivity index (χ1) is 18.0. The number of carbonyl (C=O) groups excluding carboxylic acids is 1. The minimum atomic E-state index is -3.65. The predicted octanol–water partition coefficient (Wildman–Crippen LogP) is 2.79. The van der Waals surface area contributed by atoms with Gasteiger partial charge in [-0.1, -0.05) is 37.5 Å². The number of nitrogens with two attached hydrogens (primary N) is 1. The summed E-state index contributed by atoms with van der Waals surface area (Å²) in [5.74, 6) is -0.577. The predicted molar refractivity (Wildman–Crippen MR) is 117 cm³/mol. The van der Waals surface area contributed by atoms with Gasteiger partial charge in [-0.05, 0) is 43.4 Å². The average molecular weight is 420 g/mol. The van der Waals surface area contributed by atoms with E-state index < -0.39 is 32.2 Å². The third-order valence-electron chi connectivity index (χ3n) is 5.05. The summed E-state index contributed by atoms with van der Waals surface area (Å²) in [6.07, 6.45) is -4.87. The second kappa shape index (κ2) is 9.30. The van der Waals surface area contributed by atoms with Crippen molar-refractivity contribution >= 4 is 23.2 Å². The van der Waals surface area contributed by atoms with E-state index in [-0.39, 0.29) is 36.3 Å². The van der Waals surface area contributed by atoms with E-state index in [2.05, 4.69) is 20.2 Å². The first-order valence-electron chi connectivity index (χ1n) is 14.2. The lowest BCUT2D eigenvalue weighted by Gasteiger charge is -2.30. The number of ether oxygens (including phenoxy) is 1. The molecule has 0 unspecified atom stereocenters. The van der Waals surface area contributed by atoms with E-state index in [1.807, 2.05) is 24.3 Å². The Bertz CT molecular complexity index is 1220. The van der Waals surface area contributed by atoms with E-state index in [4.69, 9.17) is 22.8 Å². The second-order valence-corrected chi connectivity index (χ2v) is 7.25. The van der Waals surface area contributed by atoms with Gasteiger partial charge in [-0.3, -0.25) is 9.69 Å². The summed E-state index contributed by atoms with van der Waals surface area (Å²) in [7, 11) is 0. The quantitative estimate of drug-likeness (QED) is 0.679. The number of nitrogen functional groups attached to an aromatic ring is 1. The van der Waals surface area contributed by atoms with E-state index >= 15 is 0 Å². The zero-order chi connectivity index (χ0) is 28.8. The van der Waals surface area contributed by atoms with E-state index in [9.17, 15) is 4.79 Å². The number of hydrogen-bond acceptors (Lipinski definition) is 7. The molecule has 3 N–H and O–H groups in total. The molecule has 160 valence electrons. The Morgan fingerprint density at radius 1 is 1.20 bits per heavy atom. The van der Waals surface area contributed by atoms with Gasteiger partial charge in [0.05, 0.1) is 15.8 Å². The summed E-state index contributed by atoms with van der Waals surface area (Å²) in [5.41, 5.74) is 8.06. The fourth-order valence-electron chi connectivity index (χ4n) is 3.66. The van der Waals surface area contributed by atoms with Crippen molar-refractivity contribution < 1.29 is 21.9 Å². The van der Waals surface area contributed by atoms with Crippen LogP contribution in [0.1, 0.15) is 55.9 Å². The molecule has 0 aliphatic carbocycles. The molecule has 2 aliphatic rings. The molecule has 0 radical (unpaired) electrons. The summed E-state index contributed by atoms with van der Waals surface area (Å²) in [5, 5.41) is 2.56. The molecule has 0 saturated carbocycles. The van der Waals surface area contributed by atoms with E-state index in [0.29, 0.717) is 0 Å². The Hall–Kier alpha value is -2.87. The van der Waals surface area contributed by atoms with Crippen LogP contribution < -0.4 is 20.7 Å². The van der Waals surface area contributed by atoms with E-state index in [1.54, 1.807) is 4.90 Å².